The predicted octanol–water partition coefficient (Wildman–Crippen LogP) is 3.65. The Morgan fingerprint density at radius 2 is 1.75 bits per heavy atom. The molecule has 0 aromatic heterocycles. The number of likely N-dealkylation sites (N-methyl/N-ethyl adjacent to an activating group) is 1. The van der Waals surface area contributed by atoms with Crippen molar-refractivity contribution in [2.75, 3.05) is 38.1 Å². The van der Waals surface area contributed by atoms with Crippen LogP contribution in [0.4, 0.5) is 28.9 Å². The van der Waals surface area contributed by atoms with Crippen LogP contribution >= 0.6 is 0 Å². The highest BCUT2D eigenvalue weighted by atomic mass is 19.4. The van der Waals surface area contributed by atoms with Gasteiger partial charge in [0.05, 0.1) is 17.3 Å². The number of aliphatic imine (C=N–C) groups is 2. The lowest BCUT2D eigenvalue weighted by atomic mass is 10.1. The number of fused-ring (bicyclic) bond motifs is 3. The second kappa shape index (κ2) is 6.58. The topological polar surface area (TPSA) is 34.4 Å². The number of nitrogens with zero attached hydrogens (tertiary/aromatic N) is 5. The number of benzene rings is 1. The lowest BCUT2D eigenvalue weighted by molar-refractivity contribution is -0.137. The van der Waals surface area contributed by atoms with Gasteiger partial charge in [0, 0.05) is 32.4 Å². The van der Waals surface area contributed by atoms with E-state index in [-0.39, 0.29) is 17.4 Å². The van der Waals surface area contributed by atoms with Gasteiger partial charge in [-0.05, 0) is 38.6 Å². The summed E-state index contributed by atoms with van der Waals surface area (Å²) >= 11 is 0. The number of hydrogen-bond acceptors (Lipinski definition) is 5. The lowest BCUT2D eigenvalue weighted by Crippen LogP contribution is -2.53. The second-order valence-electron chi connectivity index (χ2n) is 7.42. The average Bonchev–Trinajstić information content (AvgIpc) is 2.62. The Balaban J connectivity index is 1.87. The smallest absolute Gasteiger partial charge is 0.351 e. The van der Waals surface area contributed by atoms with Gasteiger partial charge in [0.2, 0.25) is 0 Å². The van der Waals surface area contributed by atoms with Crippen LogP contribution in [0.1, 0.15) is 19.4 Å². The molecule has 3 heterocycles. The zero-order valence-corrected chi connectivity index (χ0v) is 15.9. The normalized spacial score (nSPS) is 23.0. The molecule has 1 saturated heterocycles. The van der Waals surface area contributed by atoms with Gasteiger partial charge in [-0.25, -0.2) is 9.38 Å². The summed E-state index contributed by atoms with van der Waals surface area (Å²) in [5.74, 6) is -0.0103. The van der Waals surface area contributed by atoms with Gasteiger partial charge >= 0.3 is 6.18 Å². The summed E-state index contributed by atoms with van der Waals surface area (Å²) in [5.41, 5.74) is -0.173. The highest BCUT2D eigenvalue weighted by Gasteiger charge is 2.38. The summed E-state index contributed by atoms with van der Waals surface area (Å²) in [6.07, 6.45) is -2.91. The van der Waals surface area contributed by atoms with Crippen molar-refractivity contribution in [3.63, 3.8) is 0 Å². The van der Waals surface area contributed by atoms with E-state index < -0.39 is 17.6 Å². The summed E-state index contributed by atoms with van der Waals surface area (Å²) in [6, 6.07) is 1.33. The Morgan fingerprint density at radius 3 is 2.39 bits per heavy atom. The molecule has 1 unspecified atom stereocenters. The molecule has 0 aliphatic carbocycles. The molecule has 1 fully saturated rings. The minimum absolute atomic E-state index is 0.0650. The molecule has 0 spiro atoms. The van der Waals surface area contributed by atoms with Gasteiger partial charge in [-0.3, -0.25) is 9.89 Å². The van der Waals surface area contributed by atoms with Crippen molar-refractivity contribution in [1.29, 1.82) is 0 Å². The molecule has 1 aromatic carbocycles. The minimum Gasteiger partial charge on any atom is -0.351 e. The van der Waals surface area contributed by atoms with Crippen molar-refractivity contribution >= 4 is 23.0 Å². The molecule has 0 bridgehead atoms. The van der Waals surface area contributed by atoms with E-state index in [1.165, 1.54) is 0 Å². The maximum atomic E-state index is 14.7. The molecule has 3 aliphatic rings. The number of hydrogen-bond donors (Lipinski definition) is 0. The van der Waals surface area contributed by atoms with Crippen LogP contribution in [0.5, 0.6) is 0 Å². The Kier molecular flexibility index (Phi) is 4.45. The van der Waals surface area contributed by atoms with E-state index >= 15 is 0 Å². The van der Waals surface area contributed by atoms with Gasteiger partial charge in [-0.1, -0.05) is 0 Å². The van der Waals surface area contributed by atoms with E-state index in [2.05, 4.69) is 14.9 Å². The maximum absolute atomic E-state index is 14.7. The molecule has 150 valence electrons. The largest absolute Gasteiger partial charge is 0.416 e. The van der Waals surface area contributed by atoms with E-state index in [0.717, 1.165) is 24.7 Å². The fourth-order valence-electron chi connectivity index (χ4n) is 3.50. The van der Waals surface area contributed by atoms with Gasteiger partial charge in [-0.2, -0.15) is 13.2 Å². The molecule has 0 N–H and O–H groups in total. The van der Waals surface area contributed by atoms with Crippen molar-refractivity contribution in [3.05, 3.63) is 35.3 Å². The van der Waals surface area contributed by atoms with Crippen LogP contribution < -0.4 is 4.90 Å². The van der Waals surface area contributed by atoms with Gasteiger partial charge in [0.25, 0.3) is 0 Å². The Labute approximate surface area is 160 Å². The van der Waals surface area contributed by atoms with E-state index in [1.807, 2.05) is 25.8 Å². The highest BCUT2D eigenvalue weighted by molar-refractivity contribution is 6.48. The Hall–Kier alpha value is -2.42. The molecule has 5 nitrogen and oxygen atoms in total. The molecule has 3 aliphatic heterocycles. The third kappa shape index (κ3) is 3.17. The summed E-state index contributed by atoms with van der Waals surface area (Å²) in [7, 11) is 2.02. The number of alkyl halides is 3. The monoisotopic (exact) mass is 395 g/mol. The van der Waals surface area contributed by atoms with Crippen molar-refractivity contribution in [1.82, 2.24) is 9.80 Å². The van der Waals surface area contributed by atoms with Crippen LogP contribution in [0.25, 0.3) is 0 Å². The molecular formula is C19H21F4N5. The van der Waals surface area contributed by atoms with Crippen LogP contribution in [-0.2, 0) is 6.18 Å². The van der Waals surface area contributed by atoms with Crippen LogP contribution in [0, 0.1) is 5.82 Å². The summed E-state index contributed by atoms with van der Waals surface area (Å²) < 4.78 is 54.4. The van der Waals surface area contributed by atoms with Crippen molar-refractivity contribution in [2.24, 2.45) is 9.98 Å². The van der Waals surface area contributed by atoms with Gasteiger partial charge < -0.3 is 9.80 Å². The average molecular weight is 395 g/mol. The third-order valence-electron chi connectivity index (χ3n) is 5.39. The van der Waals surface area contributed by atoms with Crippen molar-refractivity contribution in [2.45, 2.75) is 26.1 Å². The first-order valence-electron chi connectivity index (χ1n) is 9.14. The van der Waals surface area contributed by atoms with E-state index in [1.54, 1.807) is 11.1 Å². The second-order valence-corrected chi connectivity index (χ2v) is 7.42. The summed E-state index contributed by atoms with van der Waals surface area (Å²) in [5, 5.41) is 0. The SMILES string of the molecule is CC1=CN2C(=NC1C)C(N1CCN(C)CC1)=Nc1c(F)cc(C(F)(F)F)cc12. The third-order valence-corrected chi connectivity index (χ3v) is 5.39. The fraction of sp³-hybridized carbons (Fsp3) is 0.474. The van der Waals surface area contributed by atoms with Crippen LogP contribution in [0.3, 0.4) is 0 Å². The summed E-state index contributed by atoms with van der Waals surface area (Å²) in [6.45, 7) is 6.79. The first kappa shape index (κ1) is 18.9. The number of anilines is 1. The number of piperazine rings is 1. The molecule has 0 radical (unpaired) electrons. The summed E-state index contributed by atoms with van der Waals surface area (Å²) in [4.78, 5) is 14.9. The van der Waals surface area contributed by atoms with E-state index in [9.17, 15) is 17.6 Å². The van der Waals surface area contributed by atoms with Crippen LogP contribution in [0.15, 0.2) is 33.9 Å². The first-order chi connectivity index (χ1) is 13.1. The predicted molar refractivity (Wildman–Crippen MR) is 101 cm³/mol. The molecule has 1 atom stereocenters. The highest BCUT2D eigenvalue weighted by Crippen LogP contribution is 2.42. The van der Waals surface area contributed by atoms with Gasteiger partial charge in [0.1, 0.15) is 5.69 Å². The van der Waals surface area contributed by atoms with Gasteiger partial charge in [0.15, 0.2) is 17.5 Å². The number of amidine groups is 2. The number of rotatable bonds is 0. The standard InChI is InChI=1S/C19H21F4N5/c1-11-10-28-15-9-13(19(21,22)23)8-14(20)16(15)25-17(18(28)24-12(11)2)27-6-4-26(3)5-7-27/h8-10,12H,4-7H2,1-3H3. The molecule has 28 heavy (non-hydrogen) atoms. The molecule has 0 amide bonds. The molecular weight excluding hydrogens is 374 g/mol. The van der Waals surface area contributed by atoms with E-state index in [4.69, 9.17) is 0 Å². The minimum atomic E-state index is -4.64. The quantitative estimate of drug-likeness (QED) is 0.629. The van der Waals surface area contributed by atoms with E-state index in [0.29, 0.717) is 30.8 Å². The maximum Gasteiger partial charge on any atom is 0.416 e. The fourth-order valence-corrected chi connectivity index (χ4v) is 3.50. The Morgan fingerprint density at radius 1 is 1.07 bits per heavy atom. The first-order valence-corrected chi connectivity index (χ1v) is 9.14. The number of halogens is 4. The van der Waals surface area contributed by atoms with Crippen molar-refractivity contribution < 1.29 is 17.6 Å². The lowest BCUT2D eigenvalue weighted by Gasteiger charge is -2.40. The van der Waals surface area contributed by atoms with Crippen LogP contribution in [-0.4, -0.2) is 60.7 Å². The molecule has 9 heteroatoms. The van der Waals surface area contributed by atoms with Crippen molar-refractivity contribution in [3.8, 4) is 0 Å². The molecule has 0 saturated carbocycles. The molecule has 4 rings (SSSR count). The zero-order valence-electron chi connectivity index (χ0n) is 15.9. The molecule has 1 aromatic rings. The van der Waals surface area contributed by atoms with Gasteiger partial charge in [-0.15, -0.1) is 0 Å². The zero-order chi connectivity index (χ0) is 20.2. The Bertz CT molecular complexity index is 894. The van der Waals surface area contributed by atoms with Crippen LogP contribution in [0.2, 0.25) is 0 Å².